The summed E-state index contributed by atoms with van der Waals surface area (Å²) in [6, 6.07) is 5.75. The van der Waals surface area contributed by atoms with Crippen molar-refractivity contribution in [1.82, 2.24) is 4.98 Å². The Morgan fingerprint density at radius 1 is 1.47 bits per heavy atom. The van der Waals surface area contributed by atoms with Crippen LogP contribution in [0.2, 0.25) is 5.02 Å². The fourth-order valence-corrected chi connectivity index (χ4v) is 2.28. The van der Waals surface area contributed by atoms with E-state index in [2.05, 4.69) is 11.1 Å². The molecule has 86 valence electrons. The molecule has 0 aliphatic carbocycles. The van der Waals surface area contributed by atoms with Gasteiger partial charge in [0.25, 0.3) is 0 Å². The van der Waals surface area contributed by atoms with E-state index in [0.29, 0.717) is 21.3 Å². The average Bonchev–Trinajstić information content (AvgIpc) is 2.80. The lowest BCUT2D eigenvalue weighted by Gasteiger charge is -2.09. The standard InChI is InChI=1S/C12H9ClN2OS/c1-7-3-10(16-2)8(4-9(7)13)12-11(5-14)17-6-15-12/h3-4,6H,1-2H3. The minimum absolute atomic E-state index is 0.559. The van der Waals surface area contributed by atoms with Gasteiger partial charge in [-0.2, -0.15) is 5.26 Å². The largest absolute Gasteiger partial charge is 0.496 e. The Balaban J connectivity index is 2.67. The predicted octanol–water partition coefficient (Wildman–Crippen LogP) is 3.65. The second-order valence-electron chi connectivity index (χ2n) is 3.44. The highest BCUT2D eigenvalue weighted by molar-refractivity contribution is 7.10. The lowest BCUT2D eigenvalue weighted by atomic mass is 10.1. The number of nitrogens with zero attached hydrogens (tertiary/aromatic N) is 2. The number of benzene rings is 1. The SMILES string of the molecule is COc1cc(C)c(Cl)cc1-c1ncsc1C#N. The summed E-state index contributed by atoms with van der Waals surface area (Å²) in [5.41, 5.74) is 3.94. The molecule has 1 aromatic carbocycles. The molecule has 0 atom stereocenters. The lowest BCUT2D eigenvalue weighted by Crippen LogP contribution is -1.91. The summed E-state index contributed by atoms with van der Waals surface area (Å²) >= 11 is 7.40. The third kappa shape index (κ3) is 2.12. The van der Waals surface area contributed by atoms with Gasteiger partial charge >= 0.3 is 0 Å². The van der Waals surface area contributed by atoms with Gasteiger partial charge < -0.3 is 4.74 Å². The molecular weight excluding hydrogens is 256 g/mol. The molecule has 0 unspecified atom stereocenters. The van der Waals surface area contributed by atoms with Gasteiger partial charge in [-0.05, 0) is 24.6 Å². The molecule has 0 fully saturated rings. The van der Waals surface area contributed by atoms with Crippen LogP contribution < -0.4 is 4.74 Å². The highest BCUT2D eigenvalue weighted by Gasteiger charge is 2.15. The lowest BCUT2D eigenvalue weighted by molar-refractivity contribution is 0.416. The Hall–Kier alpha value is -1.57. The van der Waals surface area contributed by atoms with Crippen LogP contribution in [0.1, 0.15) is 10.4 Å². The van der Waals surface area contributed by atoms with Crippen LogP contribution in [0.5, 0.6) is 5.75 Å². The van der Waals surface area contributed by atoms with Crippen molar-refractivity contribution in [1.29, 1.82) is 5.26 Å². The molecular formula is C12H9ClN2OS. The summed E-state index contributed by atoms with van der Waals surface area (Å²) in [6.45, 7) is 1.90. The van der Waals surface area contributed by atoms with Gasteiger partial charge in [0.2, 0.25) is 0 Å². The molecule has 0 saturated carbocycles. The minimum Gasteiger partial charge on any atom is -0.496 e. The molecule has 2 aromatic rings. The van der Waals surface area contributed by atoms with E-state index < -0.39 is 0 Å². The van der Waals surface area contributed by atoms with E-state index in [1.54, 1.807) is 18.7 Å². The van der Waals surface area contributed by atoms with E-state index in [1.165, 1.54) is 11.3 Å². The van der Waals surface area contributed by atoms with Crippen LogP contribution in [-0.4, -0.2) is 12.1 Å². The molecule has 0 amide bonds. The molecule has 0 aliphatic rings. The smallest absolute Gasteiger partial charge is 0.132 e. The number of aromatic nitrogens is 1. The van der Waals surface area contributed by atoms with Crippen molar-refractivity contribution in [3.63, 3.8) is 0 Å². The van der Waals surface area contributed by atoms with Crippen LogP contribution in [0.15, 0.2) is 17.6 Å². The molecule has 1 aromatic heterocycles. The first-order valence-electron chi connectivity index (χ1n) is 4.85. The Bertz CT molecular complexity index is 601. The van der Waals surface area contributed by atoms with Crippen LogP contribution >= 0.6 is 22.9 Å². The monoisotopic (exact) mass is 264 g/mol. The van der Waals surface area contributed by atoms with Crippen LogP contribution in [-0.2, 0) is 0 Å². The molecule has 3 nitrogen and oxygen atoms in total. The highest BCUT2D eigenvalue weighted by atomic mass is 35.5. The average molecular weight is 265 g/mol. The fourth-order valence-electron chi connectivity index (χ4n) is 1.53. The van der Waals surface area contributed by atoms with Gasteiger partial charge in [0.15, 0.2) is 0 Å². The normalized spacial score (nSPS) is 10.0. The summed E-state index contributed by atoms with van der Waals surface area (Å²) in [4.78, 5) is 4.75. The van der Waals surface area contributed by atoms with Gasteiger partial charge in [-0.25, -0.2) is 4.98 Å². The van der Waals surface area contributed by atoms with Crippen molar-refractivity contribution in [2.45, 2.75) is 6.92 Å². The van der Waals surface area contributed by atoms with Crippen LogP contribution in [0, 0.1) is 18.3 Å². The highest BCUT2D eigenvalue weighted by Crippen LogP contribution is 2.36. The molecule has 0 radical (unpaired) electrons. The second-order valence-corrected chi connectivity index (χ2v) is 4.71. The number of halogens is 1. The van der Waals surface area contributed by atoms with E-state index in [4.69, 9.17) is 21.6 Å². The van der Waals surface area contributed by atoms with Gasteiger partial charge in [-0.3, -0.25) is 0 Å². The zero-order valence-corrected chi connectivity index (χ0v) is 10.9. The number of hydrogen-bond acceptors (Lipinski definition) is 4. The van der Waals surface area contributed by atoms with E-state index in [1.807, 2.05) is 13.0 Å². The van der Waals surface area contributed by atoms with Gasteiger partial charge in [0, 0.05) is 10.6 Å². The number of thiazole rings is 1. The fraction of sp³-hybridized carbons (Fsp3) is 0.167. The number of nitriles is 1. The van der Waals surface area contributed by atoms with E-state index in [9.17, 15) is 0 Å². The molecule has 1 heterocycles. The van der Waals surface area contributed by atoms with Crippen molar-refractivity contribution < 1.29 is 4.74 Å². The van der Waals surface area contributed by atoms with E-state index in [0.717, 1.165) is 11.1 Å². The Morgan fingerprint density at radius 2 is 2.24 bits per heavy atom. The summed E-state index contributed by atoms with van der Waals surface area (Å²) in [5.74, 6) is 0.675. The zero-order valence-electron chi connectivity index (χ0n) is 9.32. The van der Waals surface area contributed by atoms with Gasteiger partial charge in [-0.1, -0.05) is 11.6 Å². The first-order valence-corrected chi connectivity index (χ1v) is 6.11. The molecule has 0 N–H and O–H groups in total. The van der Waals surface area contributed by atoms with Crippen molar-refractivity contribution in [3.05, 3.63) is 33.1 Å². The molecule has 0 bridgehead atoms. The number of ether oxygens (including phenoxy) is 1. The number of rotatable bonds is 2. The van der Waals surface area contributed by atoms with E-state index in [-0.39, 0.29) is 0 Å². The van der Waals surface area contributed by atoms with Crippen molar-refractivity contribution in [2.75, 3.05) is 7.11 Å². The van der Waals surface area contributed by atoms with Crippen LogP contribution in [0.25, 0.3) is 11.3 Å². The molecule has 2 rings (SSSR count). The maximum atomic E-state index is 9.00. The first-order chi connectivity index (χ1) is 8.17. The van der Waals surface area contributed by atoms with Gasteiger partial charge in [-0.15, -0.1) is 11.3 Å². The first kappa shape index (κ1) is 11.9. The molecule has 17 heavy (non-hydrogen) atoms. The van der Waals surface area contributed by atoms with Crippen LogP contribution in [0.3, 0.4) is 0 Å². The third-order valence-corrected chi connectivity index (χ3v) is 3.54. The minimum atomic E-state index is 0.559. The number of methoxy groups -OCH3 is 1. The maximum Gasteiger partial charge on any atom is 0.132 e. The molecule has 0 spiro atoms. The molecule has 5 heteroatoms. The van der Waals surface area contributed by atoms with Crippen LogP contribution in [0.4, 0.5) is 0 Å². The van der Waals surface area contributed by atoms with Crippen molar-refractivity contribution in [3.8, 4) is 23.1 Å². The predicted molar refractivity (Wildman–Crippen MR) is 68.6 cm³/mol. The maximum absolute atomic E-state index is 9.00. The Kier molecular flexibility index (Phi) is 3.32. The zero-order chi connectivity index (χ0) is 12.4. The van der Waals surface area contributed by atoms with Gasteiger partial charge in [0.05, 0.1) is 12.6 Å². The van der Waals surface area contributed by atoms with Gasteiger partial charge in [0.1, 0.15) is 22.4 Å². The van der Waals surface area contributed by atoms with Crippen molar-refractivity contribution in [2.24, 2.45) is 0 Å². The second kappa shape index (κ2) is 4.74. The number of aryl methyl sites for hydroxylation is 1. The Morgan fingerprint density at radius 3 is 2.88 bits per heavy atom. The summed E-state index contributed by atoms with van der Waals surface area (Å²) in [6.07, 6.45) is 0. The summed E-state index contributed by atoms with van der Waals surface area (Å²) < 4.78 is 5.30. The number of hydrogen-bond donors (Lipinski definition) is 0. The summed E-state index contributed by atoms with van der Waals surface area (Å²) in [7, 11) is 1.59. The topological polar surface area (TPSA) is 45.9 Å². The van der Waals surface area contributed by atoms with E-state index >= 15 is 0 Å². The third-order valence-electron chi connectivity index (χ3n) is 2.40. The molecule has 0 saturated heterocycles. The van der Waals surface area contributed by atoms with Crippen molar-refractivity contribution >= 4 is 22.9 Å². The quantitative estimate of drug-likeness (QED) is 0.832. The molecule has 0 aliphatic heterocycles. The Labute approximate surface area is 108 Å². The summed E-state index contributed by atoms with van der Waals surface area (Å²) in [5, 5.41) is 9.64.